The molecule has 1 aliphatic rings. The molecule has 9 heteroatoms. The molecule has 0 unspecified atom stereocenters. The van der Waals surface area contributed by atoms with Gasteiger partial charge >= 0.3 is 5.97 Å². The molecule has 0 spiro atoms. The minimum atomic E-state index is -3.94. The molecule has 3 atom stereocenters. The van der Waals surface area contributed by atoms with Gasteiger partial charge in [-0.25, -0.2) is 8.42 Å². The molecule has 0 saturated carbocycles. The first-order valence-electron chi connectivity index (χ1n) is 10.3. The maximum absolute atomic E-state index is 13.0. The number of nitrogens with one attached hydrogen (secondary N) is 2. The second kappa shape index (κ2) is 9.76. The summed E-state index contributed by atoms with van der Waals surface area (Å²) in [6, 6.07) is 10.8. The van der Waals surface area contributed by atoms with Gasteiger partial charge in [-0.3, -0.25) is 9.59 Å². The molecule has 2 N–H and O–H groups in total. The Labute approximate surface area is 182 Å². The van der Waals surface area contributed by atoms with E-state index in [1.54, 1.807) is 12.1 Å². The van der Waals surface area contributed by atoms with Gasteiger partial charge < -0.3 is 14.8 Å². The number of rotatable bonds is 8. The van der Waals surface area contributed by atoms with E-state index in [1.165, 1.54) is 13.0 Å². The van der Waals surface area contributed by atoms with Gasteiger partial charge in [0, 0.05) is 6.92 Å². The molecule has 1 fully saturated rings. The molecule has 8 nitrogen and oxygen atoms in total. The second-order valence-corrected chi connectivity index (χ2v) is 9.78. The van der Waals surface area contributed by atoms with Crippen molar-refractivity contribution in [3.63, 3.8) is 0 Å². The van der Waals surface area contributed by atoms with Crippen molar-refractivity contribution in [3.05, 3.63) is 42.5 Å². The van der Waals surface area contributed by atoms with E-state index in [9.17, 15) is 18.0 Å². The van der Waals surface area contributed by atoms with Crippen LogP contribution in [0.15, 0.2) is 47.4 Å². The predicted molar refractivity (Wildman–Crippen MR) is 116 cm³/mol. The summed E-state index contributed by atoms with van der Waals surface area (Å²) in [6.07, 6.45) is -0.0989. The van der Waals surface area contributed by atoms with Crippen molar-refractivity contribution in [3.8, 4) is 0 Å². The Morgan fingerprint density at radius 2 is 1.87 bits per heavy atom. The number of hydrogen-bond acceptors (Lipinski definition) is 6. The molecule has 0 aromatic heterocycles. The lowest BCUT2D eigenvalue weighted by atomic mass is 10.0. The number of amides is 1. The smallest absolute Gasteiger partial charge is 0.305 e. The third kappa shape index (κ3) is 6.03. The number of fused-ring (bicyclic) bond motifs is 1. The normalized spacial score (nSPS) is 20.0. The van der Waals surface area contributed by atoms with Gasteiger partial charge in [-0.15, -0.1) is 0 Å². The van der Waals surface area contributed by atoms with Crippen molar-refractivity contribution >= 4 is 32.7 Å². The molecule has 0 bridgehead atoms. The van der Waals surface area contributed by atoms with Crippen molar-refractivity contribution in [1.82, 2.24) is 10.0 Å². The monoisotopic (exact) mass is 448 g/mol. The zero-order valence-electron chi connectivity index (χ0n) is 17.8. The van der Waals surface area contributed by atoms with Crippen LogP contribution in [-0.4, -0.2) is 45.3 Å². The minimum absolute atomic E-state index is 0.0687. The lowest BCUT2D eigenvalue weighted by Crippen LogP contribution is -2.52. The van der Waals surface area contributed by atoms with Gasteiger partial charge in [-0.05, 0) is 41.7 Å². The fourth-order valence-electron chi connectivity index (χ4n) is 3.54. The summed E-state index contributed by atoms with van der Waals surface area (Å²) in [5.74, 6) is -0.924. The average Bonchev–Trinajstić information content (AvgIpc) is 3.12. The summed E-state index contributed by atoms with van der Waals surface area (Å²) in [5, 5.41) is 4.50. The molecule has 3 rings (SSSR count). The predicted octanol–water partition coefficient (Wildman–Crippen LogP) is 2.33. The Kier molecular flexibility index (Phi) is 7.30. The number of ether oxygens (including phenoxy) is 2. The fourth-order valence-corrected chi connectivity index (χ4v) is 4.78. The highest BCUT2D eigenvalue weighted by Gasteiger charge is 2.35. The molecule has 2 aromatic rings. The van der Waals surface area contributed by atoms with E-state index in [1.807, 2.05) is 38.1 Å². The van der Waals surface area contributed by atoms with Crippen LogP contribution in [0.25, 0.3) is 10.8 Å². The third-order valence-electron chi connectivity index (χ3n) is 5.00. The molecular formula is C22H28N2O6S. The Balaban J connectivity index is 1.77. The van der Waals surface area contributed by atoms with E-state index in [0.717, 1.165) is 10.8 Å². The Morgan fingerprint density at radius 3 is 2.55 bits per heavy atom. The van der Waals surface area contributed by atoms with Crippen molar-refractivity contribution < 1.29 is 27.5 Å². The molecule has 1 amide bonds. The molecule has 0 radical (unpaired) electrons. The average molecular weight is 449 g/mol. The van der Waals surface area contributed by atoms with Gasteiger partial charge in [0.2, 0.25) is 22.2 Å². The molecular weight excluding hydrogens is 420 g/mol. The number of carbonyl (C=O) groups is 2. The standard InChI is InChI=1S/C22H28N2O6S/c1-14(2)12-20(21(26)23-19-10-11-29-22(19)30-15(3)25)24-31(27,28)18-9-8-16-6-4-5-7-17(16)13-18/h4-9,13-14,19-20,22,24H,10-12H2,1-3H3,(H,23,26)/t19-,20-,22-/m0/s1. The molecule has 1 saturated heterocycles. The van der Waals surface area contributed by atoms with Gasteiger partial charge in [0.25, 0.3) is 0 Å². The highest BCUT2D eigenvalue weighted by molar-refractivity contribution is 7.89. The van der Waals surface area contributed by atoms with Crippen LogP contribution in [0.1, 0.15) is 33.6 Å². The summed E-state index contributed by atoms with van der Waals surface area (Å²) >= 11 is 0. The largest absolute Gasteiger partial charge is 0.434 e. The van der Waals surface area contributed by atoms with E-state index in [4.69, 9.17) is 9.47 Å². The minimum Gasteiger partial charge on any atom is -0.434 e. The number of hydrogen-bond donors (Lipinski definition) is 2. The van der Waals surface area contributed by atoms with E-state index in [2.05, 4.69) is 10.0 Å². The van der Waals surface area contributed by atoms with Gasteiger partial charge in [0.1, 0.15) is 6.04 Å². The first-order chi connectivity index (χ1) is 14.7. The fraction of sp³-hybridized carbons (Fsp3) is 0.455. The Morgan fingerprint density at radius 1 is 1.16 bits per heavy atom. The van der Waals surface area contributed by atoms with E-state index in [0.29, 0.717) is 19.4 Å². The maximum Gasteiger partial charge on any atom is 0.305 e. The lowest BCUT2D eigenvalue weighted by molar-refractivity contribution is -0.170. The van der Waals surface area contributed by atoms with Crippen molar-refractivity contribution in [2.24, 2.45) is 5.92 Å². The second-order valence-electron chi connectivity index (χ2n) is 8.06. The zero-order chi connectivity index (χ0) is 22.6. The number of esters is 1. The van der Waals surface area contributed by atoms with E-state index in [-0.39, 0.29) is 10.8 Å². The van der Waals surface area contributed by atoms with E-state index >= 15 is 0 Å². The SMILES string of the molecule is CC(=O)O[C@@H]1OCC[C@@H]1NC(=O)[C@H](CC(C)C)NS(=O)(=O)c1ccc2ccccc2c1. The molecule has 1 aliphatic heterocycles. The molecule has 1 heterocycles. The van der Waals surface area contributed by atoms with Crippen LogP contribution >= 0.6 is 0 Å². The summed E-state index contributed by atoms with van der Waals surface area (Å²) in [7, 11) is -3.94. The van der Waals surface area contributed by atoms with Gasteiger partial charge in [-0.1, -0.05) is 44.2 Å². The van der Waals surface area contributed by atoms with Crippen molar-refractivity contribution in [2.45, 2.75) is 56.9 Å². The van der Waals surface area contributed by atoms with Crippen LogP contribution in [0, 0.1) is 5.92 Å². The van der Waals surface area contributed by atoms with Crippen LogP contribution in [0.4, 0.5) is 0 Å². The Bertz CT molecular complexity index is 1050. The Hall–Kier alpha value is -2.49. The van der Waals surface area contributed by atoms with Crippen LogP contribution < -0.4 is 10.0 Å². The van der Waals surface area contributed by atoms with Crippen LogP contribution in [-0.2, 0) is 29.1 Å². The molecule has 2 aromatic carbocycles. The quantitative estimate of drug-likeness (QED) is 0.600. The number of benzene rings is 2. The third-order valence-corrected chi connectivity index (χ3v) is 6.47. The first kappa shape index (κ1) is 23.2. The summed E-state index contributed by atoms with van der Waals surface area (Å²) < 4.78 is 39.0. The van der Waals surface area contributed by atoms with Crippen LogP contribution in [0.2, 0.25) is 0 Å². The summed E-state index contributed by atoms with van der Waals surface area (Å²) in [4.78, 5) is 24.3. The van der Waals surface area contributed by atoms with Crippen LogP contribution in [0.5, 0.6) is 0 Å². The topological polar surface area (TPSA) is 111 Å². The summed E-state index contributed by atoms with van der Waals surface area (Å²) in [6.45, 7) is 5.41. The number of carbonyl (C=O) groups excluding carboxylic acids is 2. The van der Waals surface area contributed by atoms with Gasteiger partial charge in [0.15, 0.2) is 0 Å². The van der Waals surface area contributed by atoms with Gasteiger partial charge in [-0.2, -0.15) is 4.72 Å². The van der Waals surface area contributed by atoms with Crippen molar-refractivity contribution in [1.29, 1.82) is 0 Å². The molecule has 31 heavy (non-hydrogen) atoms. The van der Waals surface area contributed by atoms with Gasteiger partial charge in [0.05, 0.1) is 17.5 Å². The van der Waals surface area contributed by atoms with E-state index < -0.39 is 40.3 Å². The molecule has 168 valence electrons. The highest BCUT2D eigenvalue weighted by atomic mass is 32.2. The first-order valence-corrected chi connectivity index (χ1v) is 11.7. The highest BCUT2D eigenvalue weighted by Crippen LogP contribution is 2.20. The maximum atomic E-state index is 13.0. The van der Waals surface area contributed by atoms with Crippen molar-refractivity contribution in [2.75, 3.05) is 6.61 Å². The lowest BCUT2D eigenvalue weighted by Gasteiger charge is -2.24. The molecule has 0 aliphatic carbocycles. The summed E-state index contributed by atoms with van der Waals surface area (Å²) in [5.41, 5.74) is 0. The van der Waals surface area contributed by atoms with Crippen LogP contribution in [0.3, 0.4) is 0 Å². The zero-order valence-corrected chi connectivity index (χ0v) is 18.6. The number of sulfonamides is 1.